The predicted octanol–water partition coefficient (Wildman–Crippen LogP) is 3.95. The number of hydrogen-bond acceptors (Lipinski definition) is 0. The first-order valence-corrected chi connectivity index (χ1v) is 4.96. The molecule has 0 bridgehead atoms. The van der Waals surface area contributed by atoms with Crippen molar-refractivity contribution in [3.05, 3.63) is 48.6 Å². The molecule has 1 aromatic rings. The summed E-state index contributed by atoms with van der Waals surface area (Å²) in [6, 6.07) is 10.6. The highest BCUT2D eigenvalue weighted by atomic mass is 14.1. The normalized spacial score (nSPS) is 12.4. The molecule has 0 N–H and O–H groups in total. The van der Waals surface area contributed by atoms with Crippen molar-refractivity contribution >= 4 is 0 Å². The number of hydrogen-bond donors (Lipinski definition) is 0. The van der Waals surface area contributed by atoms with E-state index in [1.165, 1.54) is 18.4 Å². The molecule has 0 heteroatoms. The summed E-state index contributed by atoms with van der Waals surface area (Å²) in [6.07, 6.45) is 5.19. The van der Waals surface area contributed by atoms with Gasteiger partial charge in [0.2, 0.25) is 0 Å². The zero-order valence-electron chi connectivity index (χ0n) is 8.24. The van der Waals surface area contributed by atoms with Crippen molar-refractivity contribution in [1.29, 1.82) is 0 Å². The van der Waals surface area contributed by atoms with Crippen molar-refractivity contribution in [1.82, 2.24) is 0 Å². The van der Waals surface area contributed by atoms with Crippen molar-refractivity contribution in [2.45, 2.75) is 32.1 Å². The summed E-state index contributed by atoms with van der Waals surface area (Å²) in [7, 11) is 0. The van der Waals surface area contributed by atoms with Crippen LogP contribution in [0.2, 0.25) is 0 Å². The maximum absolute atomic E-state index is 5.47. The molecule has 69 valence electrons. The zero-order chi connectivity index (χ0) is 9.52. The molecular formula is C13H17. The Kier molecular flexibility index (Phi) is 4.31. The van der Waals surface area contributed by atoms with E-state index in [0.717, 1.165) is 6.42 Å². The maximum atomic E-state index is 5.47. The summed E-state index contributed by atoms with van der Waals surface area (Å²) in [5, 5.41) is 0. The summed E-state index contributed by atoms with van der Waals surface area (Å²) in [6.45, 7) is 7.69. The Hall–Kier alpha value is -1.04. The molecule has 1 atom stereocenters. The van der Waals surface area contributed by atoms with E-state index >= 15 is 0 Å². The van der Waals surface area contributed by atoms with Crippen molar-refractivity contribution in [3.63, 3.8) is 0 Å². The minimum atomic E-state index is 0.608. The Labute approximate surface area is 81.3 Å². The Bertz CT molecular complexity index is 235. The first kappa shape index (κ1) is 10.0. The van der Waals surface area contributed by atoms with Crippen molar-refractivity contribution in [2.24, 2.45) is 0 Å². The molecule has 0 aliphatic carbocycles. The van der Waals surface area contributed by atoms with E-state index in [2.05, 4.69) is 37.3 Å². The number of rotatable bonds is 5. The average Bonchev–Trinajstić information content (AvgIpc) is 2.19. The third kappa shape index (κ3) is 3.06. The van der Waals surface area contributed by atoms with Gasteiger partial charge in [-0.05, 0) is 24.3 Å². The molecule has 0 spiro atoms. The van der Waals surface area contributed by atoms with Gasteiger partial charge in [-0.1, -0.05) is 56.3 Å². The van der Waals surface area contributed by atoms with Gasteiger partial charge in [0, 0.05) is 0 Å². The lowest BCUT2D eigenvalue weighted by Crippen LogP contribution is -1.96. The summed E-state index contributed by atoms with van der Waals surface area (Å²) < 4.78 is 0. The fourth-order valence-electron chi connectivity index (χ4n) is 1.66. The third-order valence-electron chi connectivity index (χ3n) is 2.33. The lowest BCUT2D eigenvalue weighted by Gasteiger charge is -2.13. The molecule has 13 heavy (non-hydrogen) atoms. The Morgan fingerprint density at radius 2 is 2.00 bits per heavy atom. The predicted molar refractivity (Wildman–Crippen MR) is 57.6 cm³/mol. The van der Waals surface area contributed by atoms with Gasteiger partial charge in [-0.25, -0.2) is 0 Å². The van der Waals surface area contributed by atoms with Crippen LogP contribution < -0.4 is 0 Å². The molecule has 1 rings (SSSR count). The summed E-state index contributed by atoms with van der Waals surface area (Å²) in [5.74, 6) is 0.608. The lowest BCUT2D eigenvalue weighted by molar-refractivity contribution is 0.621. The Morgan fingerprint density at radius 1 is 1.31 bits per heavy atom. The molecule has 0 saturated heterocycles. The van der Waals surface area contributed by atoms with Crippen LogP contribution in [0.1, 0.15) is 37.7 Å². The third-order valence-corrected chi connectivity index (χ3v) is 2.33. The summed E-state index contributed by atoms with van der Waals surface area (Å²) >= 11 is 0. The first-order chi connectivity index (χ1) is 6.38. The SMILES string of the molecule is [CH]=CCC(CCC)c1ccccc1. The molecule has 1 radical (unpaired) electrons. The maximum Gasteiger partial charge on any atom is -0.0127 e. The quantitative estimate of drug-likeness (QED) is 0.632. The van der Waals surface area contributed by atoms with Crippen LogP contribution >= 0.6 is 0 Å². The van der Waals surface area contributed by atoms with E-state index < -0.39 is 0 Å². The van der Waals surface area contributed by atoms with E-state index in [1.807, 2.05) is 0 Å². The minimum absolute atomic E-state index is 0.608. The molecular weight excluding hydrogens is 156 g/mol. The highest BCUT2D eigenvalue weighted by Gasteiger charge is 2.07. The Morgan fingerprint density at radius 3 is 2.54 bits per heavy atom. The average molecular weight is 173 g/mol. The van der Waals surface area contributed by atoms with Gasteiger partial charge in [0.1, 0.15) is 0 Å². The first-order valence-electron chi connectivity index (χ1n) is 4.96. The van der Waals surface area contributed by atoms with Crippen LogP contribution in [0.5, 0.6) is 0 Å². The van der Waals surface area contributed by atoms with Gasteiger partial charge in [-0.15, -0.1) is 0 Å². The van der Waals surface area contributed by atoms with E-state index in [9.17, 15) is 0 Å². The number of benzene rings is 1. The Balaban J connectivity index is 2.69. The molecule has 0 aliphatic heterocycles. The minimum Gasteiger partial charge on any atom is -0.0839 e. The fraction of sp³-hybridized carbons (Fsp3) is 0.385. The van der Waals surface area contributed by atoms with Crippen LogP contribution in [0.4, 0.5) is 0 Å². The molecule has 1 aromatic carbocycles. The van der Waals surface area contributed by atoms with E-state index in [-0.39, 0.29) is 0 Å². The van der Waals surface area contributed by atoms with Gasteiger partial charge in [0.15, 0.2) is 0 Å². The van der Waals surface area contributed by atoms with Crippen molar-refractivity contribution in [2.75, 3.05) is 0 Å². The topological polar surface area (TPSA) is 0 Å². The second-order valence-electron chi connectivity index (χ2n) is 3.37. The standard InChI is InChI=1S/C13H17/c1-3-8-12(9-4-2)13-10-6-5-7-11-13/h1,3,5-7,10-12H,4,8-9H2,2H3. The van der Waals surface area contributed by atoms with E-state index in [4.69, 9.17) is 6.58 Å². The molecule has 0 aromatic heterocycles. The molecule has 0 heterocycles. The van der Waals surface area contributed by atoms with Gasteiger partial charge in [-0.3, -0.25) is 0 Å². The van der Waals surface area contributed by atoms with Gasteiger partial charge in [0.25, 0.3) is 0 Å². The van der Waals surface area contributed by atoms with Crippen LogP contribution in [-0.4, -0.2) is 0 Å². The van der Waals surface area contributed by atoms with Crippen molar-refractivity contribution in [3.8, 4) is 0 Å². The van der Waals surface area contributed by atoms with Crippen LogP contribution in [0.3, 0.4) is 0 Å². The molecule has 0 nitrogen and oxygen atoms in total. The second-order valence-corrected chi connectivity index (χ2v) is 3.37. The fourth-order valence-corrected chi connectivity index (χ4v) is 1.66. The van der Waals surface area contributed by atoms with Gasteiger partial charge >= 0.3 is 0 Å². The van der Waals surface area contributed by atoms with Crippen LogP contribution in [-0.2, 0) is 0 Å². The van der Waals surface area contributed by atoms with E-state index in [1.54, 1.807) is 6.08 Å². The molecule has 0 aliphatic rings. The largest absolute Gasteiger partial charge is 0.0839 e. The van der Waals surface area contributed by atoms with Gasteiger partial charge in [-0.2, -0.15) is 0 Å². The molecule has 1 unspecified atom stereocenters. The molecule has 0 fully saturated rings. The number of allylic oxidation sites excluding steroid dienone is 1. The van der Waals surface area contributed by atoms with Gasteiger partial charge in [0.05, 0.1) is 0 Å². The monoisotopic (exact) mass is 173 g/mol. The van der Waals surface area contributed by atoms with Crippen LogP contribution in [0, 0.1) is 6.58 Å². The highest BCUT2D eigenvalue weighted by Crippen LogP contribution is 2.24. The van der Waals surface area contributed by atoms with Gasteiger partial charge < -0.3 is 0 Å². The zero-order valence-corrected chi connectivity index (χ0v) is 8.24. The summed E-state index contributed by atoms with van der Waals surface area (Å²) in [4.78, 5) is 0. The second kappa shape index (κ2) is 5.58. The lowest BCUT2D eigenvalue weighted by atomic mass is 9.92. The van der Waals surface area contributed by atoms with Crippen molar-refractivity contribution < 1.29 is 0 Å². The van der Waals surface area contributed by atoms with E-state index in [0.29, 0.717) is 5.92 Å². The van der Waals surface area contributed by atoms with Crippen LogP contribution in [0.15, 0.2) is 36.4 Å². The van der Waals surface area contributed by atoms with Crippen LogP contribution in [0.25, 0.3) is 0 Å². The smallest absolute Gasteiger partial charge is 0.0127 e. The molecule has 0 saturated carbocycles. The highest BCUT2D eigenvalue weighted by molar-refractivity contribution is 5.19. The molecule has 0 amide bonds. The summed E-state index contributed by atoms with van der Waals surface area (Å²) in [5.41, 5.74) is 1.41.